The number of nitrogens with one attached hydrogen (secondary N) is 1. The molecular formula is C24H21NO5. The van der Waals surface area contributed by atoms with Gasteiger partial charge in [-0.15, -0.1) is 0 Å². The van der Waals surface area contributed by atoms with E-state index in [-0.39, 0.29) is 18.3 Å². The second-order valence-corrected chi connectivity index (χ2v) is 6.74. The van der Waals surface area contributed by atoms with Gasteiger partial charge in [0.05, 0.1) is 18.8 Å². The number of carbonyl (C=O) groups is 2. The van der Waals surface area contributed by atoms with E-state index >= 15 is 0 Å². The third-order valence-corrected chi connectivity index (χ3v) is 4.59. The molecule has 0 bridgehead atoms. The molecule has 0 saturated carbocycles. The lowest BCUT2D eigenvalue weighted by Gasteiger charge is -2.12. The van der Waals surface area contributed by atoms with Crippen molar-refractivity contribution in [1.29, 1.82) is 0 Å². The number of carbonyl (C=O) groups excluding carboxylic acids is 2. The lowest BCUT2D eigenvalue weighted by atomic mass is 10.1. The standard InChI is InChI=1S/C24H21NO5/c26-20(17-11-12-22-23(15-17)29-14-6-13-28-22)16-30-21-10-5-4-9-19(21)24(27)25-18-7-2-1-3-8-18/h1-5,7-12,15H,6,13-14,16H2,(H,25,27). The molecule has 0 spiro atoms. The Morgan fingerprint density at radius 3 is 2.43 bits per heavy atom. The van der Waals surface area contributed by atoms with Crippen LogP contribution in [0.15, 0.2) is 72.8 Å². The van der Waals surface area contributed by atoms with Crippen LogP contribution in [0.3, 0.4) is 0 Å². The number of hydrogen-bond donors (Lipinski definition) is 1. The van der Waals surface area contributed by atoms with E-state index in [1.54, 1.807) is 54.6 Å². The Bertz CT molecular complexity index is 1050. The van der Waals surface area contributed by atoms with Crippen molar-refractivity contribution in [2.45, 2.75) is 6.42 Å². The number of rotatable bonds is 6. The van der Waals surface area contributed by atoms with E-state index in [2.05, 4.69) is 5.32 Å². The molecule has 152 valence electrons. The van der Waals surface area contributed by atoms with Gasteiger partial charge in [-0.05, 0) is 42.5 Å². The average molecular weight is 403 g/mol. The molecule has 6 nitrogen and oxygen atoms in total. The Balaban J connectivity index is 1.44. The number of para-hydroxylation sites is 2. The van der Waals surface area contributed by atoms with E-state index < -0.39 is 0 Å². The highest BCUT2D eigenvalue weighted by atomic mass is 16.5. The summed E-state index contributed by atoms with van der Waals surface area (Å²) in [4.78, 5) is 25.3. The molecule has 0 unspecified atom stereocenters. The van der Waals surface area contributed by atoms with E-state index in [0.29, 0.717) is 47.3 Å². The van der Waals surface area contributed by atoms with Crippen molar-refractivity contribution in [3.05, 3.63) is 83.9 Å². The molecular weight excluding hydrogens is 382 g/mol. The molecule has 3 aromatic rings. The van der Waals surface area contributed by atoms with Crippen LogP contribution in [-0.2, 0) is 0 Å². The summed E-state index contributed by atoms with van der Waals surface area (Å²) in [6, 6.07) is 21.1. The SMILES string of the molecule is O=C(COc1ccccc1C(=O)Nc1ccccc1)c1ccc2c(c1)OCCCO2. The Labute approximate surface area is 174 Å². The van der Waals surface area contributed by atoms with Crippen LogP contribution in [0.5, 0.6) is 17.2 Å². The van der Waals surface area contributed by atoms with Crippen molar-refractivity contribution in [2.24, 2.45) is 0 Å². The molecule has 6 heteroatoms. The second-order valence-electron chi connectivity index (χ2n) is 6.74. The molecule has 0 aliphatic carbocycles. The maximum Gasteiger partial charge on any atom is 0.259 e. The van der Waals surface area contributed by atoms with Gasteiger partial charge in [-0.1, -0.05) is 30.3 Å². The van der Waals surface area contributed by atoms with Gasteiger partial charge >= 0.3 is 0 Å². The van der Waals surface area contributed by atoms with Gasteiger partial charge < -0.3 is 19.5 Å². The van der Waals surface area contributed by atoms with Crippen LogP contribution in [0, 0.1) is 0 Å². The summed E-state index contributed by atoms with van der Waals surface area (Å²) < 4.78 is 16.9. The number of Topliss-reactive ketones (excluding diaryl/α,β-unsaturated/α-hetero) is 1. The van der Waals surface area contributed by atoms with Gasteiger partial charge in [0.15, 0.2) is 23.9 Å². The highest BCUT2D eigenvalue weighted by Crippen LogP contribution is 2.30. The lowest BCUT2D eigenvalue weighted by Crippen LogP contribution is -2.16. The zero-order valence-electron chi connectivity index (χ0n) is 16.3. The van der Waals surface area contributed by atoms with Gasteiger partial charge in [-0.2, -0.15) is 0 Å². The van der Waals surface area contributed by atoms with Crippen molar-refractivity contribution in [3.63, 3.8) is 0 Å². The van der Waals surface area contributed by atoms with Crippen LogP contribution >= 0.6 is 0 Å². The van der Waals surface area contributed by atoms with E-state index in [0.717, 1.165) is 6.42 Å². The van der Waals surface area contributed by atoms with Gasteiger partial charge in [-0.25, -0.2) is 0 Å². The molecule has 0 aromatic heterocycles. The predicted octanol–water partition coefficient (Wildman–Crippen LogP) is 4.36. The van der Waals surface area contributed by atoms with Crippen LogP contribution in [0.4, 0.5) is 5.69 Å². The maximum absolute atomic E-state index is 12.6. The van der Waals surface area contributed by atoms with Gasteiger partial charge in [0, 0.05) is 17.7 Å². The van der Waals surface area contributed by atoms with Crippen molar-refractivity contribution in [3.8, 4) is 17.2 Å². The largest absolute Gasteiger partial charge is 0.490 e. The van der Waals surface area contributed by atoms with E-state index in [9.17, 15) is 9.59 Å². The minimum atomic E-state index is -0.306. The highest BCUT2D eigenvalue weighted by molar-refractivity contribution is 6.06. The highest BCUT2D eigenvalue weighted by Gasteiger charge is 2.17. The Hall–Kier alpha value is -3.80. The molecule has 3 aromatic carbocycles. The first-order valence-corrected chi connectivity index (χ1v) is 9.72. The lowest BCUT2D eigenvalue weighted by molar-refractivity contribution is 0.0914. The van der Waals surface area contributed by atoms with Crippen LogP contribution in [-0.4, -0.2) is 31.5 Å². The predicted molar refractivity (Wildman–Crippen MR) is 113 cm³/mol. The molecule has 0 saturated heterocycles. The number of fused-ring (bicyclic) bond motifs is 1. The van der Waals surface area contributed by atoms with Crippen molar-refractivity contribution in [1.82, 2.24) is 0 Å². The fourth-order valence-corrected chi connectivity index (χ4v) is 3.06. The summed E-state index contributed by atoms with van der Waals surface area (Å²) in [5, 5.41) is 2.82. The molecule has 1 N–H and O–H groups in total. The topological polar surface area (TPSA) is 73.9 Å². The van der Waals surface area contributed by atoms with Crippen LogP contribution in [0.2, 0.25) is 0 Å². The molecule has 0 radical (unpaired) electrons. The average Bonchev–Trinajstić information content (AvgIpc) is 3.03. The second kappa shape index (κ2) is 9.13. The quantitative estimate of drug-likeness (QED) is 0.619. The van der Waals surface area contributed by atoms with E-state index in [1.165, 1.54) is 0 Å². The first-order chi connectivity index (χ1) is 14.7. The number of hydrogen-bond acceptors (Lipinski definition) is 5. The summed E-state index contributed by atoms with van der Waals surface area (Å²) in [5.74, 6) is 1.01. The van der Waals surface area contributed by atoms with Crippen molar-refractivity contribution >= 4 is 17.4 Å². The van der Waals surface area contributed by atoms with Gasteiger partial charge in [0.1, 0.15) is 5.75 Å². The molecule has 30 heavy (non-hydrogen) atoms. The van der Waals surface area contributed by atoms with Crippen molar-refractivity contribution < 1.29 is 23.8 Å². The molecule has 4 rings (SSSR count). The molecule has 1 aliphatic heterocycles. The van der Waals surface area contributed by atoms with Crippen LogP contribution < -0.4 is 19.5 Å². The minimum absolute atomic E-state index is 0.199. The summed E-state index contributed by atoms with van der Waals surface area (Å²) in [6.45, 7) is 0.936. The Morgan fingerprint density at radius 1 is 0.867 bits per heavy atom. The summed E-state index contributed by atoms with van der Waals surface area (Å²) in [6.07, 6.45) is 0.795. The Kier molecular flexibility index (Phi) is 5.94. The van der Waals surface area contributed by atoms with E-state index in [1.807, 2.05) is 18.2 Å². The first kappa shape index (κ1) is 19.5. The van der Waals surface area contributed by atoms with Gasteiger partial charge in [0.2, 0.25) is 0 Å². The summed E-state index contributed by atoms with van der Waals surface area (Å²) in [7, 11) is 0. The van der Waals surface area contributed by atoms with Crippen LogP contribution in [0.1, 0.15) is 27.1 Å². The summed E-state index contributed by atoms with van der Waals surface area (Å²) >= 11 is 0. The monoisotopic (exact) mass is 403 g/mol. The van der Waals surface area contributed by atoms with Gasteiger partial charge in [0.25, 0.3) is 5.91 Å². The van der Waals surface area contributed by atoms with Crippen molar-refractivity contribution in [2.75, 3.05) is 25.1 Å². The third-order valence-electron chi connectivity index (χ3n) is 4.59. The van der Waals surface area contributed by atoms with Gasteiger partial charge in [-0.3, -0.25) is 9.59 Å². The number of anilines is 1. The third kappa shape index (κ3) is 4.60. The molecule has 1 heterocycles. The number of ketones is 1. The molecule has 1 amide bonds. The normalized spacial score (nSPS) is 12.5. The minimum Gasteiger partial charge on any atom is -0.490 e. The zero-order valence-corrected chi connectivity index (χ0v) is 16.3. The Morgan fingerprint density at radius 2 is 1.60 bits per heavy atom. The number of ether oxygens (including phenoxy) is 3. The van der Waals surface area contributed by atoms with E-state index in [4.69, 9.17) is 14.2 Å². The smallest absolute Gasteiger partial charge is 0.259 e. The van der Waals surface area contributed by atoms with Crippen LogP contribution in [0.25, 0.3) is 0 Å². The molecule has 0 fully saturated rings. The number of benzene rings is 3. The molecule has 1 aliphatic rings. The number of amides is 1. The molecule has 0 atom stereocenters. The fourth-order valence-electron chi connectivity index (χ4n) is 3.06. The maximum atomic E-state index is 12.6. The zero-order chi connectivity index (χ0) is 20.8. The first-order valence-electron chi connectivity index (χ1n) is 9.72. The fraction of sp³-hybridized carbons (Fsp3) is 0.167. The summed E-state index contributed by atoms with van der Waals surface area (Å²) in [5.41, 5.74) is 1.50.